The van der Waals surface area contributed by atoms with Crippen LogP contribution in [0.25, 0.3) is 6.08 Å². The largest absolute Gasteiger partial charge is 0.462 e. The molecular formula is C14H16N4O2. The molecule has 2 aromatic heterocycles. The van der Waals surface area contributed by atoms with E-state index in [1.807, 2.05) is 19.1 Å². The Morgan fingerprint density at radius 2 is 2.10 bits per heavy atom. The zero-order chi connectivity index (χ0) is 14.2. The fraction of sp³-hybridized carbons (Fsp3) is 0.214. The molecule has 20 heavy (non-hydrogen) atoms. The fourth-order valence-corrected chi connectivity index (χ4v) is 1.51. The standard InChI is InChI=1S/C14H16N4O2/c1-11-3-4-12(20-11)5-6-13(19)15-9-10-18-14-16-7-2-8-17-14/h2-8H,9-10H2,1H3,(H,15,19)(H,16,17,18). The van der Waals surface area contributed by atoms with Crippen LogP contribution in [0.2, 0.25) is 0 Å². The molecule has 0 unspecified atom stereocenters. The van der Waals surface area contributed by atoms with Crippen molar-refractivity contribution in [2.24, 2.45) is 0 Å². The summed E-state index contributed by atoms with van der Waals surface area (Å²) in [5.74, 6) is 1.85. The fourth-order valence-electron chi connectivity index (χ4n) is 1.51. The van der Waals surface area contributed by atoms with E-state index in [0.717, 1.165) is 5.76 Å². The average molecular weight is 272 g/mol. The number of carbonyl (C=O) groups is 1. The van der Waals surface area contributed by atoms with Crippen LogP contribution in [0, 0.1) is 6.92 Å². The minimum atomic E-state index is -0.171. The maximum Gasteiger partial charge on any atom is 0.244 e. The first kappa shape index (κ1) is 13.8. The zero-order valence-electron chi connectivity index (χ0n) is 11.2. The molecule has 0 atom stereocenters. The van der Waals surface area contributed by atoms with Crippen LogP contribution >= 0.6 is 0 Å². The number of rotatable bonds is 6. The van der Waals surface area contributed by atoms with Crippen LogP contribution in [-0.2, 0) is 4.79 Å². The Hall–Kier alpha value is -2.63. The predicted molar refractivity (Wildman–Crippen MR) is 76.0 cm³/mol. The van der Waals surface area contributed by atoms with Gasteiger partial charge in [-0.1, -0.05) is 0 Å². The minimum absolute atomic E-state index is 0.171. The molecule has 0 aliphatic rings. The van der Waals surface area contributed by atoms with Crippen molar-refractivity contribution >= 4 is 17.9 Å². The summed E-state index contributed by atoms with van der Waals surface area (Å²) in [6.07, 6.45) is 6.39. The molecule has 2 aromatic rings. The summed E-state index contributed by atoms with van der Waals surface area (Å²) < 4.78 is 5.32. The van der Waals surface area contributed by atoms with Gasteiger partial charge in [0.1, 0.15) is 11.5 Å². The molecule has 6 heteroatoms. The summed E-state index contributed by atoms with van der Waals surface area (Å²) in [5, 5.41) is 5.74. The summed E-state index contributed by atoms with van der Waals surface area (Å²) >= 11 is 0. The third-order valence-electron chi connectivity index (χ3n) is 2.43. The highest BCUT2D eigenvalue weighted by molar-refractivity contribution is 5.91. The monoisotopic (exact) mass is 272 g/mol. The smallest absolute Gasteiger partial charge is 0.244 e. The third kappa shape index (κ3) is 4.56. The highest BCUT2D eigenvalue weighted by Crippen LogP contribution is 2.07. The van der Waals surface area contributed by atoms with Gasteiger partial charge in [-0.3, -0.25) is 4.79 Å². The molecule has 1 amide bonds. The van der Waals surface area contributed by atoms with Gasteiger partial charge in [-0.2, -0.15) is 0 Å². The van der Waals surface area contributed by atoms with Gasteiger partial charge in [0.2, 0.25) is 11.9 Å². The van der Waals surface area contributed by atoms with E-state index in [1.54, 1.807) is 24.5 Å². The molecular weight excluding hydrogens is 256 g/mol. The van der Waals surface area contributed by atoms with E-state index in [4.69, 9.17) is 4.42 Å². The van der Waals surface area contributed by atoms with E-state index in [1.165, 1.54) is 6.08 Å². The number of nitrogens with zero attached hydrogens (tertiary/aromatic N) is 2. The van der Waals surface area contributed by atoms with Crippen molar-refractivity contribution in [2.75, 3.05) is 18.4 Å². The molecule has 0 aromatic carbocycles. The van der Waals surface area contributed by atoms with Crippen LogP contribution in [-0.4, -0.2) is 29.0 Å². The molecule has 0 spiro atoms. The molecule has 0 bridgehead atoms. The van der Waals surface area contributed by atoms with E-state index in [9.17, 15) is 4.79 Å². The lowest BCUT2D eigenvalue weighted by molar-refractivity contribution is -0.116. The molecule has 0 aliphatic heterocycles. The molecule has 2 heterocycles. The second-order valence-electron chi connectivity index (χ2n) is 4.07. The Morgan fingerprint density at radius 1 is 1.30 bits per heavy atom. The third-order valence-corrected chi connectivity index (χ3v) is 2.43. The van der Waals surface area contributed by atoms with Gasteiger partial charge in [-0.05, 0) is 31.2 Å². The van der Waals surface area contributed by atoms with Gasteiger partial charge in [0.15, 0.2) is 0 Å². The van der Waals surface area contributed by atoms with E-state index in [2.05, 4.69) is 20.6 Å². The number of aryl methyl sites for hydroxylation is 1. The highest BCUT2D eigenvalue weighted by atomic mass is 16.3. The molecule has 0 saturated heterocycles. The number of hydrogen-bond acceptors (Lipinski definition) is 5. The first-order valence-corrected chi connectivity index (χ1v) is 6.27. The van der Waals surface area contributed by atoms with E-state index in [-0.39, 0.29) is 5.91 Å². The van der Waals surface area contributed by atoms with Crippen molar-refractivity contribution in [3.63, 3.8) is 0 Å². The van der Waals surface area contributed by atoms with Crippen molar-refractivity contribution < 1.29 is 9.21 Å². The van der Waals surface area contributed by atoms with Crippen LogP contribution in [0.4, 0.5) is 5.95 Å². The van der Waals surface area contributed by atoms with Crippen molar-refractivity contribution in [3.05, 3.63) is 48.2 Å². The highest BCUT2D eigenvalue weighted by Gasteiger charge is 1.97. The van der Waals surface area contributed by atoms with Crippen LogP contribution in [0.15, 0.2) is 41.1 Å². The summed E-state index contributed by atoms with van der Waals surface area (Å²) in [4.78, 5) is 19.6. The van der Waals surface area contributed by atoms with E-state index >= 15 is 0 Å². The number of nitrogens with one attached hydrogen (secondary N) is 2. The van der Waals surface area contributed by atoms with Gasteiger partial charge in [-0.15, -0.1) is 0 Å². The quantitative estimate of drug-likeness (QED) is 0.617. The Morgan fingerprint density at radius 3 is 2.80 bits per heavy atom. The van der Waals surface area contributed by atoms with Gasteiger partial charge in [0, 0.05) is 31.6 Å². The maximum absolute atomic E-state index is 11.5. The van der Waals surface area contributed by atoms with E-state index < -0.39 is 0 Å². The summed E-state index contributed by atoms with van der Waals surface area (Å²) in [6.45, 7) is 2.90. The van der Waals surface area contributed by atoms with Gasteiger partial charge in [0.25, 0.3) is 0 Å². The number of anilines is 1. The Labute approximate surface area is 116 Å². The zero-order valence-corrected chi connectivity index (χ0v) is 11.2. The molecule has 0 saturated carbocycles. The Kier molecular flexibility index (Phi) is 4.88. The SMILES string of the molecule is Cc1ccc(C=CC(=O)NCCNc2ncccn2)o1. The van der Waals surface area contributed by atoms with Crippen molar-refractivity contribution in [3.8, 4) is 0 Å². The van der Waals surface area contributed by atoms with Crippen LogP contribution in [0.3, 0.4) is 0 Å². The van der Waals surface area contributed by atoms with E-state index in [0.29, 0.717) is 24.8 Å². The average Bonchev–Trinajstić information content (AvgIpc) is 2.88. The molecule has 2 N–H and O–H groups in total. The van der Waals surface area contributed by atoms with Crippen molar-refractivity contribution in [2.45, 2.75) is 6.92 Å². The predicted octanol–water partition coefficient (Wildman–Crippen LogP) is 1.62. The molecule has 6 nitrogen and oxygen atoms in total. The lowest BCUT2D eigenvalue weighted by atomic mass is 10.4. The molecule has 0 aliphatic carbocycles. The lowest BCUT2D eigenvalue weighted by Crippen LogP contribution is -2.27. The minimum Gasteiger partial charge on any atom is -0.462 e. The van der Waals surface area contributed by atoms with Gasteiger partial charge in [-0.25, -0.2) is 9.97 Å². The number of aromatic nitrogens is 2. The number of carbonyl (C=O) groups excluding carboxylic acids is 1. The molecule has 104 valence electrons. The first-order valence-electron chi connectivity index (χ1n) is 6.27. The Balaban J connectivity index is 1.66. The van der Waals surface area contributed by atoms with Gasteiger partial charge >= 0.3 is 0 Å². The number of hydrogen-bond donors (Lipinski definition) is 2. The van der Waals surface area contributed by atoms with Crippen molar-refractivity contribution in [1.29, 1.82) is 0 Å². The first-order chi connectivity index (χ1) is 9.74. The normalized spacial score (nSPS) is 10.7. The second-order valence-corrected chi connectivity index (χ2v) is 4.07. The molecule has 0 fully saturated rings. The number of furan rings is 1. The number of amides is 1. The lowest BCUT2D eigenvalue weighted by Gasteiger charge is -2.04. The van der Waals surface area contributed by atoms with Crippen LogP contribution in [0.1, 0.15) is 11.5 Å². The van der Waals surface area contributed by atoms with Crippen LogP contribution < -0.4 is 10.6 Å². The summed E-state index contributed by atoms with van der Waals surface area (Å²) in [5.41, 5.74) is 0. The second kappa shape index (κ2) is 7.08. The maximum atomic E-state index is 11.5. The van der Waals surface area contributed by atoms with Gasteiger partial charge < -0.3 is 15.1 Å². The molecule has 0 radical (unpaired) electrons. The topological polar surface area (TPSA) is 80.0 Å². The van der Waals surface area contributed by atoms with Gasteiger partial charge in [0.05, 0.1) is 0 Å². The van der Waals surface area contributed by atoms with Crippen molar-refractivity contribution in [1.82, 2.24) is 15.3 Å². The summed E-state index contributed by atoms with van der Waals surface area (Å²) in [6, 6.07) is 5.41. The van der Waals surface area contributed by atoms with Crippen LogP contribution in [0.5, 0.6) is 0 Å². The Bertz CT molecular complexity index is 578. The molecule has 2 rings (SSSR count). The summed E-state index contributed by atoms with van der Waals surface area (Å²) in [7, 11) is 0.